The number of methoxy groups -OCH3 is 1. The van der Waals surface area contributed by atoms with Gasteiger partial charge in [-0.25, -0.2) is 11.4 Å². The van der Waals surface area contributed by atoms with E-state index in [9.17, 15) is 14.4 Å². The fourth-order valence-electron chi connectivity index (χ4n) is 4.34. The maximum atomic E-state index is 12.4. The van der Waals surface area contributed by atoms with Gasteiger partial charge in [0.15, 0.2) is 0 Å². The lowest BCUT2D eigenvalue weighted by molar-refractivity contribution is -0.149. The molecule has 4 unspecified atom stereocenters. The molecule has 2 fully saturated rings. The molecule has 0 aromatic rings. The van der Waals surface area contributed by atoms with Crippen molar-refractivity contribution >= 4 is 24.0 Å². The standard InChI is InChI=1S/C19H34N6O4.C3H8O/c1-25(7-8-26)18(27)6-9-29-19(28)16-11-15-10-13(2-4-14(15)12-22-16)3-5-17(20)23-24-21;1-3-4-2/h8,13-16,22,24H,2-7,9-12,21H2,1H3,(H2,20,23);3H2,1-2H3. The number of piperidine rings is 1. The third kappa shape index (κ3) is 11.0. The molecule has 4 atom stereocenters. The van der Waals surface area contributed by atoms with E-state index in [1.807, 2.05) is 6.92 Å². The van der Waals surface area contributed by atoms with Crippen LogP contribution in [0.5, 0.6) is 0 Å². The van der Waals surface area contributed by atoms with Gasteiger partial charge in [0.25, 0.3) is 0 Å². The number of amidine groups is 1. The van der Waals surface area contributed by atoms with E-state index in [1.165, 1.54) is 4.90 Å². The van der Waals surface area contributed by atoms with Gasteiger partial charge in [0.2, 0.25) is 5.91 Å². The number of nitrogens with one attached hydrogen (secondary N) is 2. The van der Waals surface area contributed by atoms with E-state index in [4.69, 9.17) is 16.3 Å². The summed E-state index contributed by atoms with van der Waals surface area (Å²) in [6.45, 7) is 3.67. The Morgan fingerprint density at radius 3 is 2.61 bits per heavy atom. The molecule has 11 heteroatoms. The summed E-state index contributed by atoms with van der Waals surface area (Å²) in [7, 11) is 3.23. The molecule has 33 heavy (non-hydrogen) atoms. The maximum absolute atomic E-state index is 12.4. The second-order valence-corrected chi connectivity index (χ2v) is 8.60. The molecule has 190 valence electrons. The molecule has 1 saturated heterocycles. The van der Waals surface area contributed by atoms with Crippen LogP contribution in [-0.2, 0) is 23.9 Å². The van der Waals surface area contributed by atoms with E-state index in [-0.39, 0.29) is 37.5 Å². The molecule has 6 N–H and O–H groups in total. The Hall–Kier alpha value is -2.24. The predicted octanol–water partition coefficient (Wildman–Crippen LogP) is 0.140. The number of fused-ring (bicyclic) bond motifs is 1. The fraction of sp³-hybridized carbons (Fsp3) is 0.818. The average molecular weight is 471 g/mol. The first-order valence-corrected chi connectivity index (χ1v) is 11.7. The molecule has 0 spiro atoms. The summed E-state index contributed by atoms with van der Waals surface area (Å²) in [4.78, 5) is 36.0. The van der Waals surface area contributed by atoms with Crippen molar-refractivity contribution in [3.05, 3.63) is 0 Å². The quantitative estimate of drug-likeness (QED) is 0.0822. The molecular weight excluding hydrogens is 428 g/mol. The number of hydrazine groups is 1. The molecule has 11 nitrogen and oxygen atoms in total. The summed E-state index contributed by atoms with van der Waals surface area (Å²) in [5.74, 6) is 6.78. The second kappa shape index (κ2) is 16.4. The number of nitrogens with two attached hydrogens (primary N) is 2. The number of ether oxygens (including phenoxy) is 2. The second-order valence-electron chi connectivity index (χ2n) is 8.60. The number of amides is 1. The lowest BCUT2D eigenvalue weighted by atomic mass is 9.69. The Bertz CT molecular complexity index is 630. The number of likely N-dealkylation sites (N-methyl/N-ethyl adjacent to an activating group) is 1. The molecule has 0 radical (unpaired) electrons. The Morgan fingerprint density at radius 1 is 1.24 bits per heavy atom. The van der Waals surface area contributed by atoms with Crippen LogP contribution in [0.1, 0.15) is 51.9 Å². The highest BCUT2D eigenvalue weighted by atomic mass is 16.5. The zero-order chi connectivity index (χ0) is 24.6. The van der Waals surface area contributed by atoms with Crippen molar-refractivity contribution in [3.8, 4) is 0 Å². The molecule has 0 aromatic carbocycles. The van der Waals surface area contributed by atoms with Crippen molar-refractivity contribution in [2.45, 2.75) is 57.9 Å². The van der Waals surface area contributed by atoms with Crippen LogP contribution < -0.4 is 22.4 Å². The number of hydrogen-bond acceptors (Lipinski definition) is 9. The molecule has 0 bridgehead atoms. The number of esters is 1. The third-order valence-corrected chi connectivity index (χ3v) is 6.34. The van der Waals surface area contributed by atoms with Crippen LogP contribution in [0.25, 0.3) is 0 Å². The number of carbonyl (C=O) groups excluding carboxylic acids is 3. The van der Waals surface area contributed by atoms with Crippen LogP contribution in [0.2, 0.25) is 0 Å². The molecular formula is C22H42N6O5. The minimum absolute atomic E-state index is 0.0313. The van der Waals surface area contributed by atoms with Crippen molar-refractivity contribution in [1.29, 1.82) is 0 Å². The molecule has 2 rings (SSSR count). The lowest BCUT2D eigenvalue weighted by Crippen LogP contribution is -2.50. The SMILES string of the molecule is CCOC.CN(CC=O)C(=O)CCOC(=O)C1CC2CC(CC/C(N)=N/NN)CCC2CN1. The van der Waals surface area contributed by atoms with Gasteiger partial charge in [-0.2, -0.15) is 5.10 Å². The summed E-state index contributed by atoms with van der Waals surface area (Å²) in [6, 6.07) is -0.328. The Labute approximate surface area is 196 Å². The maximum Gasteiger partial charge on any atom is 0.323 e. The number of aldehydes is 1. The first kappa shape index (κ1) is 28.8. The van der Waals surface area contributed by atoms with Gasteiger partial charge in [0.1, 0.15) is 24.8 Å². The van der Waals surface area contributed by atoms with E-state index >= 15 is 0 Å². The highest BCUT2D eigenvalue weighted by molar-refractivity contribution is 5.80. The van der Waals surface area contributed by atoms with Gasteiger partial charge in [-0.1, -0.05) is 6.42 Å². The van der Waals surface area contributed by atoms with Crippen LogP contribution >= 0.6 is 0 Å². The summed E-state index contributed by atoms with van der Waals surface area (Å²) >= 11 is 0. The van der Waals surface area contributed by atoms with Crippen molar-refractivity contribution in [2.24, 2.45) is 34.4 Å². The summed E-state index contributed by atoms with van der Waals surface area (Å²) in [5, 5.41) is 7.10. The largest absolute Gasteiger partial charge is 0.464 e. The highest BCUT2D eigenvalue weighted by Crippen LogP contribution is 2.40. The van der Waals surface area contributed by atoms with E-state index < -0.39 is 0 Å². The van der Waals surface area contributed by atoms with Crippen LogP contribution in [0.15, 0.2) is 5.10 Å². The number of carbonyl (C=O) groups is 3. The van der Waals surface area contributed by atoms with Crippen molar-refractivity contribution in [3.63, 3.8) is 0 Å². The lowest BCUT2D eigenvalue weighted by Gasteiger charge is -2.42. The highest BCUT2D eigenvalue weighted by Gasteiger charge is 2.38. The Balaban J connectivity index is 0.00000125. The zero-order valence-electron chi connectivity index (χ0n) is 20.3. The Kier molecular flexibility index (Phi) is 14.3. The van der Waals surface area contributed by atoms with Gasteiger partial charge >= 0.3 is 5.97 Å². The molecule has 0 aromatic heterocycles. The van der Waals surface area contributed by atoms with E-state index in [1.54, 1.807) is 14.2 Å². The molecule has 1 heterocycles. The van der Waals surface area contributed by atoms with Crippen LogP contribution in [0.3, 0.4) is 0 Å². The van der Waals surface area contributed by atoms with E-state index in [2.05, 4.69) is 20.7 Å². The molecule has 1 amide bonds. The van der Waals surface area contributed by atoms with Gasteiger partial charge in [0.05, 0.1) is 13.0 Å². The van der Waals surface area contributed by atoms with Gasteiger partial charge in [-0.15, -0.1) is 0 Å². The van der Waals surface area contributed by atoms with E-state index in [0.717, 1.165) is 45.3 Å². The normalized spacial score (nSPS) is 24.5. The van der Waals surface area contributed by atoms with Crippen LogP contribution in [0.4, 0.5) is 0 Å². The third-order valence-electron chi connectivity index (χ3n) is 6.34. The monoisotopic (exact) mass is 470 g/mol. The van der Waals surface area contributed by atoms with E-state index in [0.29, 0.717) is 36.3 Å². The van der Waals surface area contributed by atoms with Crippen LogP contribution in [0, 0.1) is 17.8 Å². The molecule has 1 aliphatic heterocycles. The smallest absolute Gasteiger partial charge is 0.323 e. The number of hydrogen-bond donors (Lipinski definition) is 4. The minimum Gasteiger partial charge on any atom is -0.464 e. The Morgan fingerprint density at radius 2 is 1.97 bits per heavy atom. The summed E-state index contributed by atoms with van der Waals surface area (Å²) < 4.78 is 9.85. The first-order chi connectivity index (χ1) is 15.9. The minimum atomic E-state index is -0.328. The average Bonchev–Trinajstić information content (AvgIpc) is 2.82. The van der Waals surface area contributed by atoms with Gasteiger partial charge in [-0.05, 0) is 56.9 Å². The van der Waals surface area contributed by atoms with Crippen LogP contribution in [-0.4, -0.2) is 75.4 Å². The molecule has 2 aliphatic rings. The number of hydrazone groups is 1. The van der Waals surface area contributed by atoms with Gasteiger partial charge in [-0.3, -0.25) is 9.59 Å². The molecule has 1 saturated carbocycles. The number of rotatable bonds is 11. The first-order valence-electron chi connectivity index (χ1n) is 11.7. The number of nitrogens with zero attached hydrogens (tertiary/aromatic N) is 2. The topological polar surface area (TPSA) is 161 Å². The summed E-state index contributed by atoms with van der Waals surface area (Å²) in [6.07, 6.45) is 6.58. The fourth-order valence-corrected chi connectivity index (χ4v) is 4.34. The summed E-state index contributed by atoms with van der Waals surface area (Å²) in [5.41, 5.74) is 8.01. The zero-order valence-corrected chi connectivity index (χ0v) is 20.3. The molecule has 1 aliphatic carbocycles. The predicted molar refractivity (Wildman–Crippen MR) is 126 cm³/mol. The van der Waals surface area contributed by atoms with Gasteiger partial charge in [0, 0.05) is 27.2 Å². The van der Waals surface area contributed by atoms with Crippen molar-refractivity contribution in [2.75, 3.05) is 40.5 Å². The van der Waals surface area contributed by atoms with Gasteiger partial charge < -0.3 is 30.2 Å². The van der Waals surface area contributed by atoms with Crippen molar-refractivity contribution < 1.29 is 23.9 Å². The van der Waals surface area contributed by atoms with Crippen molar-refractivity contribution in [1.82, 2.24) is 15.8 Å².